The first-order valence-electron chi connectivity index (χ1n) is 10.4. The second kappa shape index (κ2) is 9.08. The fourth-order valence-corrected chi connectivity index (χ4v) is 4.12. The Labute approximate surface area is 175 Å². The number of unbranched alkanes of at least 4 members (excludes halogenated alkanes) is 1. The van der Waals surface area contributed by atoms with Crippen molar-refractivity contribution in [2.75, 3.05) is 5.32 Å². The number of amidine groups is 1. The lowest BCUT2D eigenvalue weighted by atomic mass is 10.1. The quantitative estimate of drug-likeness (QED) is 0.169. The highest BCUT2D eigenvalue weighted by molar-refractivity contribution is 5.80. The van der Waals surface area contributed by atoms with Gasteiger partial charge in [0, 0.05) is 37.2 Å². The van der Waals surface area contributed by atoms with Gasteiger partial charge in [0.05, 0.1) is 12.2 Å². The van der Waals surface area contributed by atoms with Gasteiger partial charge in [0.1, 0.15) is 5.84 Å². The van der Waals surface area contributed by atoms with Crippen LogP contribution >= 0.6 is 0 Å². The summed E-state index contributed by atoms with van der Waals surface area (Å²) in [5.74, 6) is 6.30. The highest BCUT2D eigenvalue weighted by atomic mass is 16.2. The Morgan fingerprint density at radius 1 is 1.13 bits per heavy atom. The number of nitrogens with two attached hydrogens (primary N) is 2. The molecule has 2 heterocycles. The summed E-state index contributed by atoms with van der Waals surface area (Å²) in [6.45, 7) is 1.11. The topological polar surface area (TPSA) is 135 Å². The molecule has 6 N–H and O–H groups in total. The molecular weight excluding hydrogens is 380 g/mol. The van der Waals surface area contributed by atoms with E-state index in [0.29, 0.717) is 43.8 Å². The summed E-state index contributed by atoms with van der Waals surface area (Å²) in [4.78, 5) is 23.5. The van der Waals surface area contributed by atoms with Crippen molar-refractivity contribution in [1.29, 1.82) is 0 Å². The molecule has 0 saturated carbocycles. The van der Waals surface area contributed by atoms with E-state index in [1.165, 1.54) is 11.1 Å². The van der Waals surface area contributed by atoms with E-state index >= 15 is 0 Å². The van der Waals surface area contributed by atoms with E-state index in [4.69, 9.17) is 11.6 Å². The predicted octanol–water partition coefficient (Wildman–Crippen LogP) is 1.19. The van der Waals surface area contributed by atoms with Crippen LogP contribution in [-0.4, -0.2) is 32.7 Å². The molecule has 2 aliphatic rings. The standard InChI is InChI=1S/C21H28N8O/c22-19(27-28-23)7-3-4-8-20(30)29-12-16-11-24-21(26-18(16)13-29)25-17-9-14-5-1-2-6-15(14)10-17/h1-2,5-6,11,17,28H,3-4,7-10,12-13,23H2,(H2,22,27)(H,24,25,26). The van der Waals surface area contributed by atoms with Crippen molar-refractivity contribution in [1.82, 2.24) is 20.4 Å². The van der Waals surface area contributed by atoms with Crippen LogP contribution < -0.4 is 22.4 Å². The molecule has 0 bridgehead atoms. The van der Waals surface area contributed by atoms with Crippen LogP contribution in [0.5, 0.6) is 0 Å². The Bertz CT molecular complexity index is 919. The Kier molecular flexibility index (Phi) is 6.08. The molecule has 30 heavy (non-hydrogen) atoms. The number of aromatic nitrogens is 2. The molecule has 0 atom stereocenters. The molecule has 9 nitrogen and oxygen atoms in total. The first-order chi connectivity index (χ1) is 14.6. The maximum absolute atomic E-state index is 12.5. The first-order valence-corrected chi connectivity index (χ1v) is 10.4. The molecule has 0 unspecified atom stereocenters. The summed E-state index contributed by atoms with van der Waals surface area (Å²) in [5, 5.41) is 7.17. The van der Waals surface area contributed by atoms with Gasteiger partial charge in [0.2, 0.25) is 11.9 Å². The van der Waals surface area contributed by atoms with Gasteiger partial charge in [-0.05, 0) is 36.8 Å². The zero-order chi connectivity index (χ0) is 20.9. The van der Waals surface area contributed by atoms with Gasteiger partial charge in [0.15, 0.2) is 0 Å². The lowest BCUT2D eigenvalue weighted by molar-refractivity contribution is -0.131. The van der Waals surface area contributed by atoms with Crippen LogP contribution in [0.1, 0.15) is 48.1 Å². The number of hydrazone groups is 1. The number of rotatable bonds is 8. The zero-order valence-electron chi connectivity index (χ0n) is 17.0. The third kappa shape index (κ3) is 4.68. The highest BCUT2D eigenvalue weighted by Crippen LogP contribution is 2.26. The van der Waals surface area contributed by atoms with Gasteiger partial charge in [0.25, 0.3) is 0 Å². The lowest BCUT2D eigenvalue weighted by Crippen LogP contribution is -2.25. The van der Waals surface area contributed by atoms with E-state index < -0.39 is 0 Å². The number of nitrogens with one attached hydrogen (secondary N) is 2. The van der Waals surface area contributed by atoms with Crippen molar-refractivity contribution < 1.29 is 4.79 Å². The van der Waals surface area contributed by atoms with E-state index in [2.05, 4.69) is 50.2 Å². The van der Waals surface area contributed by atoms with Crippen molar-refractivity contribution in [2.45, 2.75) is 57.7 Å². The lowest BCUT2D eigenvalue weighted by Gasteiger charge is -2.14. The Morgan fingerprint density at radius 3 is 2.60 bits per heavy atom. The molecule has 1 aromatic heterocycles. The van der Waals surface area contributed by atoms with Gasteiger partial charge in [-0.15, -0.1) is 0 Å². The normalized spacial score (nSPS) is 15.8. The number of fused-ring (bicyclic) bond motifs is 2. The molecule has 2 aromatic rings. The minimum atomic E-state index is 0.126. The predicted molar refractivity (Wildman–Crippen MR) is 115 cm³/mol. The highest BCUT2D eigenvalue weighted by Gasteiger charge is 2.26. The van der Waals surface area contributed by atoms with Crippen molar-refractivity contribution in [2.24, 2.45) is 16.7 Å². The molecule has 0 radical (unpaired) electrons. The molecule has 0 spiro atoms. The van der Waals surface area contributed by atoms with Gasteiger partial charge in [-0.3, -0.25) is 4.79 Å². The van der Waals surface area contributed by atoms with Crippen molar-refractivity contribution in [3.63, 3.8) is 0 Å². The number of nitrogens with zero attached hydrogens (tertiary/aromatic N) is 4. The van der Waals surface area contributed by atoms with Crippen molar-refractivity contribution in [3.05, 3.63) is 52.8 Å². The van der Waals surface area contributed by atoms with E-state index in [1.54, 1.807) is 0 Å². The van der Waals surface area contributed by atoms with Crippen LogP contribution in [0.4, 0.5) is 5.95 Å². The number of hydrogen-bond donors (Lipinski definition) is 4. The van der Waals surface area contributed by atoms with E-state index in [1.807, 2.05) is 11.1 Å². The maximum Gasteiger partial charge on any atom is 0.223 e. The van der Waals surface area contributed by atoms with Crippen LogP contribution in [0.15, 0.2) is 35.6 Å². The van der Waals surface area contributed by atoms with Crippen molar-refractivity contribution >= 4 is 17.7 Å². The number of anilines is 1. The second-order valence-electron chi connectivity index (χ2n) is 7.87. The van der Waals surface area contributed by atoms with E-state index in [9.17, 15) is 4.79 Å². The molecule has 0 saturated heterocycles. The van der Waals surface area contributed by atoms with Gasteiger partial charge < -0.3 is 16.0 Å². The monoisotopic (exact) mass is 408 g/mol. The zero-order valence-corrected chi connectivity index (χ0v) is 17.0. The summed E-state index contributed by atoms with van der Waals surface area (Å²) < 4.78 is 0. The fraction of sp³-hybridized carbons (Fsp3) is 0.429. The minimum Gasteiger partial charge on any atom is -0.386 e. The molecule has 1 aromatic carbocycles. The second-order valence-corrected chi connectivity index (χ2v) is 7.87. The fourth-order valence-electron chi connectivity index (χ4n) is 4.12. The number of hydrogen-bond acceptors (Lipinski definition) is 7. The van der Waals surface area contributed by atoms with E-state index in [0.717, 1.165) is 36.9 Å². The minimum absolute atomic E-state index is 0.126. The SMILES string of the molecule is NN/N=C(\N)CCCCC(=O)N1Cc2cnc(NC3Cc4ccccc4C3)nc2C1. The summed E-state index contributed by atoms with van der Waals surface area (Å²) in [7, 11) is 0. The van der Waals surface area contributed by atoms with Crippen LogP contribution in [0.3, 0.4) is 0 Å². The van der Waals surface area contributed by atoms with Crippen LogP contribution in [0.25, 0.3) is 0 Å². The summed E-state index contributed by atoms with van der Waals surface area (Å²) in [6, 6.07) is 8.84. The molecular formula is C21H28N8O. The average molecular weight is 409 g/mol. The molecule has 1 amide bonds. The average Bonchev–Trinajstić information content (AvgIpc) is 3.34. The molecule has 4 rings (SSSR count). The first kappa shape index (κ1) is 20.1. The maximum atomic E-state index is 12.5. The smallest absolute Gasteiger partial charge is 0.223 e. The van der Waals surface area contributed by atoms with Crippen molar-refractivity contribution in [3.8, 4) is 0 Å². The molecule has 1 aliphatic carbocycles. The molecule has 9 heteroatoms. The van der Waals surface area contributed by atoms with Gasteiger partial charge in [-0.25, -0.2) is 21.3 Å². The van der Waals surface area contributed by atoms with Crippen LogP contribution in [-0.2, 0) is 30.7 Å². The third-order valence-electron chi connectivity index (χ3n) is 5.67. The number of benzene rings is 1. The number of hydrazine groups is 1. The van der Waals surface area contributed by atoms with Crippen LogP contribution in [0.2, 0.25) is 0 Å². The third-order valence-corrected chi connectivity index (χ3v) is 5.67. The Morgan fingerprint density at radius 2 is 1.87 bits per heavy atom. The van der Waals surface area contributed by atoms with Gasteiger partial charge in [-0.2, -0.15) is 5.10 Å². The van der Waals surface area contributed by atoms with Crippen LogP contribution in [0, 0.1) is 0 Å². The largest absolute Gasteiger partial charge is 0.386 e. The number of amides is 1. The Balaban J connectivity index is 1.27. The van der Waals surface area contributed by atoms with Gasteiger partial charge in [-0.1, -0.05) is 24.3 Å². The van der Waals surface area contributed by atoms with Gasteiger partial charge >= 0.3 is 0 Å². The summed E-state index contributed by atoms with van der Waals surface area (Å²) >= 11 is 0. The molecule has 158 valence electrons. The molecule has 0 fully saturated rings. The number of carbonyl (C=O) groups is 1. The summed E-state index contributed by atoms with van der Waals surface area (Å²) in [5.41, 5.74) is 12.6. The summed E-state index contributed by atoms with van der Waals surface area (Å²) in [6.07, 6.45) is 6.46. The Hall–Kier alpha value is -3.20. The van der Waals surface area contributed by atoms with E-state index in [-0.39, 0.29) is 5.91 Å². The number of carbonyl (C=O) groups excluding carboxylic acids is 1. The molecule has 1 aliphatic heterocycles.